The lowest BCUT2D eigenvalue weighted by Gasteiger charge is -1.97. The lowest BCUT2D eigenvalue weighted by atomic mass is 10.2. The summed E-state index contributed by atoms with van der Waals surface area (Å²) in [6, 6.07) is 16.6. The summed E-state index contributed by atoms with van der Waals surface area (Å²) < 4.78 is 5.40. The van der Waals surface area contributed by atoms with E-state index in [1.54, 1.807) is 12.1 Å². The molecule has 1 N–H and O–H groups in total. The molecule has 3 aromatic rings. The Morgan fingerprint density at radius 2 is 1.78 bits per heavy atom. The molecular formula is C17H12ClN3O2. The number of aromatic nitrogens is 2. The van der Waals surface area contributed by atoms with E-state index in [0.29, 0.717) is 10.9 Å². The Bertz CT molecular complexity index is 844. The Morgan fingerprint density at radius 3 is 2.57 bits per heavy atom. The monoisotopic (exact) mass is 325 g/mol. The van der Waals surface area contributed by atoms with Gasteiger partial charge in [0, 0.05) is 16.7 Å². The highest BCUT2D eigenvalue weighted by Gasteiger charge is 2.09. The maximum Gasteiger partial charge on any atom is 0.322 e. The van der Waals surface area contributed by atoms with E-state index in [1.165, 1.54) is 6.08 Å². The van der Waals surface area contributed by atoms with Gasteiger partial charge in [-0.2, -0.15) is 0 Å². The van der Waals surface area contributed by atoms with E-state index < -0.39 is 0 Å². The van der Waals surface area contributed by atoms with E-state index in [2.05, 4.69) is 15.5 Å². The van der Waals surface area contributed by atoms with Crippen LogP contribution < -0.4 is 5.32 Å². The van der Waals surface area contributed by atoms with Crippen LogP contribution in [-0.4, -0.2) is 16.1 Å². The zero-order valence-electron chi connectivity index (χ0n) is 11.9. The van der Waals surface area contributed by atoms with Crippen molar-refractivity contribution in [3.63, 3.8) is 0 Å². The van der Waals surface area contributed by atoms with Gasteiger partial charge in [-0.1, -0.05) is 53.1 Å². The molecule has 1 heterocycles. The zero-order valence-corrected chi connectivity index (χ0v) is 12.7. The first-order chi connectivity index (χ1) is 11.2. The van der Waals surface area contributed by atoms with Crippen LogP contribution >= 0.6 is 11.6 Å². The molecule has 0 atom stereocenters. The van der Waals surface area contributed by atoms with Gasteiger partial charge in [-0.15, -0.1) is 5.10 Å². The van der Waals surface area contributed by atoms with Crippen molar-refractivity contribution in [2.45, 2.75) is 0 Å². The number of hydrogen-bond acceptors (Lipinski definition) is 4. The molecule has 0 bridgehead atoms. The van der Waals surface area contributed by atoms with Crippen LogP contribution in [0.5, 0.6) is 0 Å². The molecule has 1 amide bonds. The first-order valence-corrected chi connectivity index (χ1v) is 7.23. The number of carbonyl (C=O) groups is 1. The van der Waals surface area contributed by atoms with Crippen molar-refractivity contribution >= 4 is 29.6 Å². The fraction of sp³-hybridized carbons (Fsp3) is 0. The largest absolute Gasteiger partial charge is 0.403 e. The van der Waals surface area contributed by atoms with E-state index in [0.717, 1.165) is 11.1 Å². The molecule has 0 aliphatic carbocycles. The predicted octanol–water partition coefficient (Wildman–Crippen LogP) is 4.04. The van der Waals surface area contributed by atoms with Crippen LogP contribution in [0.3, 0.4) is 0 Å². The molecule has 3 rings (SSSR count). The van der Waals surface area contributed by atoms with Gasteiger partial charge in [0.2, 0.25) is 5.89 Å². The number of nitrogens with one attached hydrogen (secondary N) is 1. The van der Waals surface area contributed by atoms with Crippen molar-refractivity contribution in [3.05, 3.63) is 71.3 Å². The number of rotatable bonds is 4. The summed E-state index contributed by atoms with van der Waals surface area (Å²) in [5.74, 6) is -0.0378. The van der Waals surface area contributed by atoms with Crippen molar-refractivity contribution in [1.29, 1.82) is 0 Å². The van der Waals surface area contributed by atoms with Gasteiger partial charge >= 0.3 is 6.01 Å². The molecular weight excluding hydrogens is 314 g/mol. The van der Waals surface area contributed by atoms with Gasteiger partial charge in [0.1, 0.15) is 0 Å². The Kier molecular flexibility index (Phi) is 4.49. The standard InChI is InChI=1S/C17H12ClN3O2/c18-14-9-5-4-6-12(14)10-11-15(22)19-17-21-20-16(23-17)13-7-2-1-3-8-13/h1-11H,(H,19,21,22)/b11-10+. The number of anilines is 1. The minimum atomic E-state index is -0.381. The van der Waals surface area contributed by atoms with Gasteiger partial charge in [0.05, 0.1) is 0 Å². The molecule has 2 aromatic carbocycles. The first-order valence-electron chi connectivity index (χ1n) is 6.85. The summed E-state index contributed by atoms with van der Waals surface area (Å²) in [4.78, 5) is 11.9. The number of nitrogens with zero attached hydrogens (tertiary/aromatic N) is 2. The third-order valence-corrected chi connectivity index (χ3v) is 3.34. The van der Waals surface area contributed by atoms with Gasteiger partial charge in [-0.25, -0.2) is 0 Å². The summed E-state index contributed by atoms with van der Waals surface area (Å²) >= 11 is 6.02. The minimum absolute atomic E-state index is 0.0395. The second-order valence-electron chi connectivity index (χ2n) is 4.62. The normalized spacial score (nSPS) is 10.8. The van der Waals surface area contributed by atoms with Crippen LogP contribution in [0.25, 0.3) is 17.5 Å². The van der Waals surface area contributed by atoms with E-state index >= 15 is 0 Å². The van der Waals surface area contributed by atoms with E-state index in [1.807, 2.05) is 48.5 Å². The topological polar surface area (TPSA) is 68.0 Å². The minimum Gasteiger partial charge on any atom is -0.403 e. The maximum atomic E-state index is 11.9. The second-order valence-corrected chi connectivity index (χ2v) is 5.03. The molecule has 0 spiro atoms. The molecule has 114 valence electrons. The summed E-state index contributed by atoms with van der Waals surface area (Å²) in [6.07, 6.45) is 2.97. The van der Waals surface area contributed by atoms with Crippen molar-refractivity contribution in [2.75, 3.05) is 5.32 Å². The predicted molar refractivity (Wildman–Crippen MR) is 88.8 cm³/mol. The fourth-order valence-corrected chi connectivity index (χ4v) is 2.09. The summed E-state index contributed by atoms with van der Waals surface area (Å²) in [5.41, 5.74) is 1.53. The number of carbonyl (C=O) groups excluding carboxylic acids is 1. The Balaban J connectivity index is 1.67. The number of amides is 1. The van der Waals surface area contributed by atoms with Gasteiger partial charge in [-0.3, -0.25) is 10.1 Å². The number of hydrogen-bond donors (Lipinski definition) is 1. The summed E-state index contributed by atoms with van der Waals surface area (Å²) in [7, 11) is 0. The summed E-state index contributed by atoms with van der Waals surface area (Å²) in [6.45, 7) is 0. The van der Waals surface area contributed by atoms with E-state index in [4.69, 9.17) is 16.0 Å². The molecule has 0 saturated heterocycles. The van der Waals surface area contributed by atoms with Crippen LogP contribution in [0, 0.1) is 0 Å². The fourth-order valence-electron chi connectivity index (χ4n) is 1.89. The average molecular weight is 326 g/mol. The third kappa shape index (κ3) is 3.84. The molecule has 0 aliphatic heterocycles. The highest BCUT2D eigenvalue weighted by Crippen LogP contribution is 2.19. The molecule has 1 aromatic heterocycles. The van der Waals surface area contributed by atoms with Crippen molar-refractivity contribution in [1.82, 2.24) is 10.2 Å². The second kappa shape index (κ2) is 6.89. The van der Waals surface area contributed by atoms with Crippen molar-refractivity contribution in [3.8, 4) is 11.5 Å². The smallest absolute Gasteiger partial charge is 0.322 e. The lowest BCUT2D eigenvalue weighted by Crippen LogP contribution is -2.07. The molecule has 0 radical (unpaired) electrons. The van der Waals surface area contributed by atoms with Gasteiger partial charge in [0.25, 0.3) is 5.91 Å². The van der Waals surface area contributed by atoms with Crippen LogP contribution in [0.15, 0.2) is 65.1 Å². The highest BCUT2D eigenvalue weighted by molar-refractivity contribution is 6.32. The zero-order chi connectivity index (χ0) is 16.1. The third-order valence-electron chi connectivity index (χ3n) is 3.00. The van der Waals surface area contributed by atoms with Crippen molar-refractivity contribution < 1.29 is 9.21 Å². The maximum absolute atomic E-state index is 11.9. The average Bonchev–Trinajstić information content (AvgIpc) is 3.03. The molecule has 0 unspecified atom stereocenters. The molecule has 5 nitrogen and oxygen atoms in total. The van der Waals surface area contributed by atoms with Gasteiger partial charge < -0.3 is 4.42 Å². The SMILES string of the molecule is O=C(/C=C/c1ccccc1Cl)Nc1nnc(-c2ccccc2)o1. The number of halogens is 1. The van der Waals surface area contributed by atoms with E-state index in [9.17, 15) is 4.79 Å². The molecule has 0 aliphatic rings. The quantitative estimate of drug-likeness (QED) is 0.735. The molecule has 23 heavy (non-hydrogen) atoms. The van der Waals surface area contributed by atoms with Crippen LogP contribution in [0.2, 0.25) is 5.02 Å². The van der Waals surface area contributed by atoms with Gasteiger partial charge in [-0.05, 0) is 29.8 Å². The Labute approximate surface area is 137 Å². The molecule has 6 heteroatoms. The Morgan fingerprint density at radius 1 is 1.04 bits per heavy atom. The highest BCUT2D eigenvalue weighted by atomic mass is 35.5. The van der Waals surface area contributed by atoms with Crippen LogP contribution in [0.1, 0.15) is 5.56 Å². The lowest BCUT2D eigenvalue weighted by molar-refractivity contribution is -0.112. The number of benzene rings is 2. The first kappa shape index (κ1) is 15.0. The van der Waals surface area contributed by atoms with Gasteiger partial charge in [0.15, 0.2) is 0 Å². The van der Waals surface area contributed by atoms with Crippen molar-refractivity contribution in [2.24, 2.45) is 0 Å². The summed E-state index contributed by atoms with van der Waals surface area (Å²) in [5, 5.41) is 10.8. The van der Waals surface area contributed by atoms with E-state index in [-0.39, 0.29) is 11.9 Å². The molecule has 0 saturated carbocycles. The molecule has 0 fully saturated rings. The van der Waals surface area contributed by atoms with Crippen LogP contribution in [-0.2, 0) is 4.79 Å². The van der Waals surface area contributed by atoms with Crippen LogP contribution in [0.4, 0.5) is 6.01 Å². The Hall–Kier alpha value is -2.92.